The lowest BCUT2D eigenvalue weighted by Gasteiger charge is -2.07. The third-order valence-electron chi connectivity index (χ3n) is 4.62. The molecule has 0 atom stereocenters. The van der Waals surface area contributed by atoms with Gasteiger partial charge in [0, 0.05) is 5.39 Å². The van der Waals surface area contributed by atoms with Gasteiger partial charge in [-0.05, 0) is 48.0 Å². The standard InChI is InChI=1S/C24H18N4O2/c1-2-7-19(8-3-1)26-24(21-12-11-18-6-4-5-9-20(18)27-21)28-25-15-17-10-13-22-23(14-17)30-16-29-22/h1-15H,16H2,(H,26,28)/b25-15+. The minimum atomic E-state index is 0.246. The molecular weight excluding hydrogens is 376 g/mol. The number of nitrogens with one attached hydrogen (secondary N) is 1. The summed E-state index contributed by atoms with van der Waals surface area (Å²) in [5.41, 5.74) is 6.36. The zero-order valence-corrected chi connectivity index (χ0v) is 16.0. The zero-order valence-electron chi connectivity index (χ0n) is 16.0. The van der Waals surface area contributed by atoms with Crippen molar-refractivity contribution in [3.8, 4) is 11.5 Å². The van der Waals surface area contributed by atoms with Crippen molar-refractivity contribution < 1.29 is 9.47 Å². The zero-order chi connectivity index (χ0) is 20.2. The van der Waals surface area contributed by atoms with Crippen LogP contribution in [0.1, 0.15) is 11.3 Å². The highest BCUT2D eigenvalue weighted by molar-refractivity contribution is 6.00. The molecule has 2 heterocycles. The highest BCUT2D eigenvalue weighted by Crippen LogP contribution is 2.31. The number of pyridine rings is 1. The fraction of sp³-hybridized carbons (Fsp3) is 0.0417. The number of rotatable bonds is 4. The molecular formula is C24H18N4O2. The normalized spacial score (nSPS) is 13.1. The Labute approximate surface area is 173 Å². The maximum absolute atomic E-state index is 5.42. The molecule has 0 unspecified atom stereocenters. The minimum absolute atomic E-state index is 0.246. The van der Waals surface area contributed by atoms with Crippen molar-refractivity contribution in [2.45, 2.75) is 0 Å². The predicted octanol–water partition coefficient (Wildman–Crippen LogP) is 4.67. The lowest BCUT2D eigenvalue weighted by molar-refractivity contribution is 0.174. The number of hydrazone groups is 1. The number of amidine groups is 1. The Kier molecular flexibility index (Phi) is 4.79. The maximum atomic E-state index is 5.42. The number of para-hydroxylation sites is 2. The van der Waals surface area contributed by atoms with Crippen molar-refractivity contribution in [2.24, 2.45) is 10.1 Å². The average Bonchev–Trinajstić information content (AvgIpc) is 3.27. The van der Waals surface area contributed by atoms with Crippen molar-refractivity contribution in [3.63, 3.8) is 0 Å². The first-order chi connectivity index (χ1) is 14.8. The number of aliphatic imine (C=N–C) groups is 1. The summed E-state index contributed by atoms with van der Waals surface area (Å²) in [5, 5.41) is 5.45. The molecule has 1 aliphatic rings. The summed E-state index contributed by atoms with van der Waals surface area (Å²) < 4.78 is 10.8. The molecule has 1 aliphatic heterocycles. The third-order valence-corrected chi connectivity index (χ3v) is 4.62. The van der Waals surface area contributed by atoms with Crippen molar-refractivity contribution in [3.05, 3.63) is 96.2 Å². The second kappa shape index (κ2) is 8.05. The van der Waals surface area contributed by atoms with Gasteiger partial charge in [0.05, 0.1) is 17.4 Å². The number of nitrogens with zero attached hydrogens (tertiary/aromatic N) is 3. The lowest BCUT2D eigenvalue weighted by atomic mass is 10.2. The third kappa shape index (κ3) is 3.84. The molecule has 0 saturated carbocycles. The molecule has 6 nitrogen and oxygen atoms in total. The van der Waals surface area contributed by atoms with Crippen LogP contribution in [0.4, 0.5) is 5.69 Å². The fourth-order valence-corrected chi connectivity index (χ4v) is 3.13. The summed E-state index contributed by atoms with van der Waals surface area (Å²) in [6.07, 6.45) is 1.71. The molecule has 0 bridgehead atoms. The highest BCUT2D eigenvalue weighted by atomic mass is 16.7. The van der Waals surface area contributed by atoms with Gasteiger partial charge in [0.2, 0.25) is 6.79 Å². The molecule has 6 heteroatoms. The Bertz CT molecular complexity index is 1250. The van der Waals surface area contributed by atoms with E-state index in [0.717, 1.165) is 27.9 Å². The number of fused-ring (bicyclic) bond motifs is 2. The SMILES string of the molecule is C(=N\NC(=Nc1ccccc1)c1ccc2ccccc2n1)/c1ccc2c(c1)OCO2. The molecule has 3 aromatic carbocycles. The largest absolute Gasteiger partial charge is 0.454 e. The van der Waals surface area contributed by atoms with Crippen LogP contribution in [0.2, 0.25) is 0 Å². The van der Waals surface area contributed by atoms with E-state index in [1.807, 2.05) is 84.9 Å². The van der Waals surface area contributed by atoms with E-state index < -0.39 is 0 Å². The van der Waals surface area contributed by atoms with Crippen LogP contribution >= 0.6 is 0 Å². The summed E-state index contributed by atoms with van der Waals surface area (Å²) in [5.74, 6) is 2.02. The van der Waals surface area contributed by atoms with Gasteiger partial charge in [-0.15, -0.1) is 0 Å². The molecule has 0 amide bonds. The first-order valence-electron chi connectivity index (χ1n) is 9.54. The Balaban J connectivity index is 1.45. The topological polar surface area (TPSA) is 68.1 Å². The number of aromatic nitrogens is 1. The summed E-state index contributed by atoms with van der Waals surface area (Å²) in [6.45, 7) is 0.246. The highest BCUT2D eigenvalue weighted by Gasteiger charge is 2.12. The van der Waals surface area contributed by atoms with E-state index >= 15 is 0 Å². The quantitative estimate of drug-likeness (QED) is 0.310. The molecule has 5 rings (SSSR count). The van der Waals surface area contributed by atoms with Crippen LogP contribution in [0, 0.1) is 0 Å². The Morgan fingerprint density at radius 2 is 1.70 bits per heavy atom. The molecule has 1 N–H and O–H groups in total. The molecule has 146 valence electrons. The van der Waals surface area contributed by atoms with Crippen molar-refractivity contribution in [1.82, 2.24) is 10.4 Å². The van der Waals surface area contributed by atoms with Gasteiger partial charge < -0.3 is 9.47 Å². The fourth-order valence-electron chi connectivity index (χ4n) is 3.13. The molecule has 0 radical (unpaired) electrons. The van der Waals surface area contributed by atoms with Crippen molar-refractivity contribution >= 4 is 28.6 Å². The average molecular weight is 394 g/mol. The van der Waals surface area contributed by atoms with Crippen LogP contribution in [0.3, 0.4) is 0 Å². The summed E-state index contributed by atoms with van der Waals surface area (Å²) in [4.78, 5) is 9.45. The van der Waals surface area contributed by atoms with Gasteiger partial charge >= 0.3 is 0 Å². The van der Waals surface area contributed by atoms with E-state index in [9.17, 15) is 0 Å². The maximum Gasteiger partial charge on any atom is 0.231 e. The van der Waals surface area contributed by atoms with E-state index in [2.05, 4.69) is 10.5 Å². The van der Waals surface area contributed by atoms with Crippen LogP contribution in [0.5, 0.6) is 11.5 Å². The van der Waals surface area contributed by atoms with E-state index in [-0.39, 0.29) is 6.79 Å². The number of benzene rings is 3. The molecule has 1 aromatic heterocycles. The van der Waals surface area contributed by atoms with Crippen LogP contribution in [-0.2, 0) is 0 Å². The second-order valence-electron chi connectivity index (χ2n) is 6.67. The van der Waals surface area contributed by atoms with Crippen LogP contribution in [-0.4, -0.2) is 23.8 Å². The van der Waals surface area contributed by atoms with Crippen LogP contribution < -0.4 is 14.9 Å². The lowest BCUT2D eigenvalue weighted by Crippen LogP contribution is -2.20. The monoisotopic (exact) mass is 394 g/mol. The van der Waals surface area contributed by atoms with Crippen LogP contribution in [0.25, 0.3) is 10.9 Å². The van der Waals surface area contributed by atoms with Crippen molar-refractivity contribution in [1.29, 1.82) is 0 Å². The Morgan fingerprint density at radius 1 is 0.867 bits per heavy atom. The van der Waals surface area contributed by atoms with E-state index in [1.165, 1.54) is 0 Å². The number of ether oxygens (including phenoxy) is 2. The second-order valence-corrected chi connectivity index (χ2v) is 6.67. The Morgan fingerprint density at radius 3 is 2.63 bits per heavy atom. The Hall–Kier alpha value is -4.19. The predicted molar refractivity (Wildman–Crippen MR) is 118 cm³/mol. The molecule has 0 fully saturated rings. The van der Waals surface area contributed by atoms with Crippen LogP contribution in [0.15, 0.2) is 95.0 Å². The van der Waals surface area contributed by atoms with E-state index in [4.69, 9.17) is 19.5 Å². The molecule has 0 saturated heterocycles. The van der Waals surface area contributed by atoms with Gasteiger partial charge in [0.25, 0.3) is 0 Å². The smallest absolute Gasteiger partial charge is 0.231 e. The minimum Gasteiger partial charge on any atom is -0.454 e. The first kappa shape index (κ1) is 17.9. The first-order valence-corrected chi connectivity index (χ1v) is 9.54. The summed E-state index contributed by atoms with van der Waals surface area (Å²) in [7, 11) is 0. The molecule has 30 heavy (non-hydrogen) atoms. The summed E-state index contributed by atoms with van der Waals surface area (Å²) >= 11 is 0. The summed E-state index contributed by atoms with van der Waals surface area (Å²) in [6, 6.07) is 27.3. The van der Waals surface area contributed by atoms with Gasteiger partial charge in [-0.25, -0.2) is 9.98 Å². The van der Waals surface area contributed by atoms with Gasteiger partial charge in [0.15, 0.2) is 17.3 Å². The van der Waals surface area contributed by atoms with Gasteiger partial charge in [-0.3, -0.25) is 5.43 Å². The molecule has 4 aromatic rings. The van der Waals surface area contributed by atoms with Crippen molar-refractivity contribution in [2.75, 3.05) is 6.79 Å². The number of hydrogen-bond donors (Lipinski definition) is 1. The molecule has 0 aliphatic carbocycles. The molecule has 0 spiro atoms. The van der Waals surface area contributed by atoms with E-state index in [0.29, 0.717) is 17.3 Å². The van der Waals surface area contributed by atoms with Gasteiger partial charge in [-0.2, -0.15) is 5.10 Å². The van der Waals surface area contributed by atoms with E-state index in [1.54, 1.807) is 6.21 Å². The number of hydrogen-bond acceptors (Lipinski definition) is 5. The van der Waals surface area contributed by atoms with Gasteiger partial charge in [0.1, 0.15) is 5.69 Å². The van der Waals surface area contributed by atoms with Gasteiger partial charge in [-0.1, -0.05) is 42.5 Å².